The van der Waals surface area contributed by atoms with E-state index in [1.54, 1.807) is 29.4 Å². The molecule has 1 saturated heterocycles. The molecule has 0 bridgehead atoms. The molecule has 0 unspecified atom stereocenters. The first-order valence-corrected chi connectivity index (χ1v) is 7.82. The minimum Gasteiger partial charge on any atom is -0.386 e. The topological polar surface area (TPSA) is 79.5 Å². The van der Waals surface area contributed by atoms with Crippen molar-refractivity contribution in [3.63, 3.8) is 0 Å². The lowest BCUT2D eigenvalue weighted by Crippen LogP contribution is -2.47. The molecule has 1 aliphatic heterocycles. The normalized spacial score (nSPS) is 18.0. The number of hydrogen-bond donors (Lipinski definition) is 2. The second kappa shape index (κ2) is 9.47. The van der Waals surface area contributed by atoms with Gasteiger partial charge in [0.15, 0.2) is 0 Å². The highest BCUT2D eigenvalue weighted by molar-refractivity contribution is 5.82. The predicted octanol–water partition coefficient (Wildman–Crippen LogP) is 1.87. The van der Waals surface area contributed by atoms with Crippen molar-refractivity contribution >= 4 is 5.91 Å². The SMILES string of the molecule is CC.N[C@@H](C(=O)N1CCCCCC1)[C@@H](O)c1ccncc1. The van der Waals surface area contributed by atoms with E-state index in [1.165, 1.54) is 0 Å². The summed E-state index contributed by atoms with van der Waals surface area (Å²) in [4.78, 5) is 18.0. The first-order valence-electron chi connectivity index (χ1n) is 7.82. The minimum atomic E-state index is -0.973. The van der Waals surface area contributed by atoms with Gasteiger partial charge in [0.2, 0.25) is 5.91 Å². The Labute approximate surface area is 127 Å². The van der Waals surface area contributed by atoms with Gasteiger partial charge in [-0.3, -0.25) is 9.78 Å². The van der Waals surface area contributed by atoms with Gasteiger partial charge in [-0.15, -0.1) is 0 Å². The second-order valence-electron chi connectivity index (χ2n) is 4.99. The Morgan fingerprint density at radius 3 is 2.24 bits per heavy atom. The third-order valence-corrected chi connectivity index (χ3v) is 3.59. The van der Waals surface area contributed by atoms with E-state index in [2.05, 4.69) is 4.98 Å². The average molecular weight is 293 g/mol. The summed E-state index contributed by atoms with van der Waals surface area (Å²) in [5.41, 5.74) is 6.54. The van der Waals surface area contributed by atoms with Crippen molar-refractivity contribution in [1.29, 1.82) is 0 Å². The molecule has 2 heterocycles. The van der Waals surface area contributed by atoms with Gasteiger partial charge in [-0.25, -0.2) is 0 Å². The molecule has 0 saturated carbocycles. The summed E-state index contributed by atoms with van der Waals surface area (Å²) in [6, 6.07) is 2.46. The Kier molecular flexibility index (Phi) is 7.93. The number of aromatic nitrogens is 1. The van der Waals surface area contributed by atoms with Crippen molar-refractivity contribution in [1.82, 2.24) is 9.88 Å². The number of nitrogens with zero attached hydrogens (tertiary/aromatic N) is 2. The van der Waals surface area contributed by atoms with Gasteiger partial charge in [0.25, 0.3) is 0 Å². The van der Waals surface area contributed by atoms with Gasteiger partial charge in [0, 0.05) is 25.5 Å². The number of pyridine rings is 1. The molecule has 0 radical (unpaired) electrons. The quantitative estimate of drug-likeness (QED) is 0.891. The van der Waals surface area contributed by atoms with Gasteiger partial charge in [0.05, 0.1) is 0 Å². The van der Waals surface area contributed by atoms with Crippen LogP contribution in [-0.4, -0.2) is 40.0 Å². The van der Waals surface area contributed by atoms with Crippen molar-refractivity contribution < 1.29 is 9.90 Å². The van der Waals surface area contributed by atoms with Gasteiger partial charge in [-0.05, 0) is 30.5 Å². The van der Waals surface area contributed by atoms with E-state index in [-0.39, 0.29) is 5.91 Å². The molecule has 0 aliphatic carbocycles. The van der Waals surface area contributed by atoms with Gasteiger partial charge < -0.3 is 15.7 Å². The first kappa shape index (κ1) is 17.6. The van der Waals surface area contributed by atoms with Crippen LogP contribution in [0.2, 0.25) is 0 Å². The van der Waals surface area contributed by atoms with Crippen LogP contribution in [0.25, 0.3) is 0 Å². The molecule has 3 N–H and O–H groups in total. The van der Waals surface area contributed by atoms with Crippen LogP contribution < -0.4 is 5.73 Å². The van der Waals surface area contributed by atoms with Crippen molar-refractivity contribution in [2.75, 3.05) is 13.1 Å². The second-order valence-corrected chi connectivity index (χ2v) is 4.99. The molecule has 5 heteroatoms. The number of rotatable bonds is 3. The predicted molar refractivity (Wildman–Crippen MR) is 83.6 cm³/mol. The molecule has 118 valence electrons. The summed E-state index contributed by atoms with van der Waals surface area (Å²) in [6.07, 6.45) is 6.55. The van der Waals surface area contributed by atoms with E-state index in [9.17, 15) is 9.90 Å². The molecule has 0 spiro atoms. The number of aliphatic hydroxyl groups excluding tert-OH is 1. The van der Waals surface area contributed by atoms with E-state index < -0.39 is 12.1 Å². The summed E-state index contributed by atoms with van der Waals surface area (Å²) in [7, 11) is 0. The van der Waals surface area contributed by atoms with Crippen LogP contribution in [0.3, 0.4) is 0 Å². The zero-order valence-corrected chi connectivity index (χ0v) is 13.0. The number of nitrogens with two attached hydrogens (primary N) is 1. The lowest BCUT2D eigenvalue weighted by atomic mass is 10.0. The van der Waals surface area contributed by atoms with Gasteiger partial charge in [0.1, 0.15) is 12.1 Å². The number of carbonyl (C=O) groups excluding carboxylic acids is 1. The van der Waals surface area contributed by atoms with Crippen LogP contribution in [0.4, 0.5) is 0 Å². The number of likely N-dealkylation sites (tertiary alicyclic amines) is 1. The Morgan fingerprint density at radius 1 is 1.19 bits per heavy atom. The van der Waals surface area contributed by atoms with Gasteiger partial charge >= 0.3 is 0 Å². The Balaban J connectivity index is 0.00000106. The molecule has 1 fully saturated rings. The average Bonchev–Trinajstić information content (AvgIpc) is 2.84. The fraction of sp³-hybridized carbons (Fsp3) is 0.625. The maximum atomic E-state index is 12.3. The molecule has 1 aromatic rings. The van der Waals surface area contributed by atoms with E-state index in [0.29, 0.717) is 5.56 Å². The van der Waals surface area contributed by atoms with Crippen molar-refractivity contribution in [3.8, 4) is 0 Å². The van der Waals surface area contributed by atoms with Gasteiger partial charge in [-0.1, -0.05) is 26.7 Å². The Morgan fingerprint density at radius 2 is 1.71 bits per heavy atom. The largest absolute Gasteiger partial charge is 0.386 e. The number of carbonyl (C=O) groups is 1. The molecule has 5 nitrogen and oxygen atoms in total. The van der Waals surface area contributed by atoms with Crippen LogP contribution in [0.15, 0.2) is 24.5 Å². The molecule has 1 aliphatic rings. The fourth-order valence-corrected chi connectivity index (χ4v) is 2.40. The zero-order valence-electron chi connectivity index (χ0n) is 13.0. The minimum absolute atomic E-state index is 0.161. The van der Waals surface area contributed by atoms with Crippen LogP contribution >= 0.6 is 0 Å². The highest BCUT2D eigenvalue weighted by Crippen LogP contribution is 2.18. The van der Waals surface area contributed by atoms with E-state index in [0.717, 1.165) is 38.8 Å². The third kappa shape index (κ3) is 5.10. The number of hydrogen-bond acceptors (Lipinski definition) is 4. The maximum Gasteiger partial charge on any atom is 0.242 e. The third-order valence-electron chi connectivity index (χ3n) is 3.59. The molecular formula is C16H27N3O2. The summed E-state index contributed by atoms with van der Waals surface area (Å²) in [6.45, 7) is 5.49. The molecule has 2 rings (SSSR count). The first-order chi connectivity index (χ1) is 10.2. The van der Waals surface area contributed by atoms with E-state index in [1.807, 2.05) is 13.8 Å². The van der Waals surface area contributed by atoms with Crippen molar-refractivity contribution in [2.24, 2.45) is 5.73 Å². The highest BCUT2D eigenvalue weighted by atomic mass is 16.3. The summed E-state index contributed by atoms with van der Waals surface area (Å²) in [5, 5.41) is 10.2. The number of aliphatic hydroxyl groups is 1. The molecule has 1 amide bonds. The monoisotopic (exact) mass is 293 g/mol. The zero-order chi connectivity index (χ0) is 15.7. The molecule has 21 heavy (non-hydrogen) atoms. The van der Waals surface area contributed by atoms with Crippen molar-refractivity contribution in [2.45, 2.75) is 51.7 Å². The summed E-state index contributed by atoms with van der Waals surface area (Å²) >= 11 is 0. The molecular weight excluding hydrogens is 266 g/mol. The van der Waals surface area contributed by atoms with Gasteiger partial charge in [-0.2, -0.15) is 0 Å². The van der Waals surface area contributed by atoms with Crippen molar-refractivity contribution in [3.05, 3.63) is 30.1 Å². The van der Waals surface area contributed by atoms with E-state index in [4.69, 9.17) is 5.73 Å². The summed E-state index contributed by atoms with van der Waals surface area (Å²) in [5.74, 6) is -0.161. The smallest absolute Gasteiger partial charge is 0.242 e. The van der Waals surface area contributed by atoms with Crippen LogP contribution in [0.5, 0.6) is 0 Å². The van der Waals surface area contributed by atoms with Crippen LogP contribution in [0, 0.1) is 0 Å². The lowest BCUT2D eigenvalue weighted by Gasteiger charge is -2.26. The lowest BCUT2D eigenvalue weighted by molar-refractivity contribution is -0.135. The standard InChI is InChI=1S/C14H21N3O2.C2H6/c15-12(13(18)11-5-7-16-8-6-11)14(19)17-9-3-1-2-4-10-17;1-2/h5-8,12-13,18H,1-4,9-10,15H2;1-2H3/t12-,13+;/m1./s1. The highest BCUT2D eigenvalue weighted by Gasteiger charge is 2.28. The summed E-state index contributed by atoms with van der Waals surface area (Å²) < 4.78 is 0. The molecule has 0 aromatic carbocycles. The Bertz CT molecular complexity index is 403. The van der Waals surface area contributed by atoms with E-state index >= 15 is 0 Å². The fourth-order valence-electron chi connectivity index (χ4n) is 2.40. The molecule has 1 aromatic heterocycles. The molecule has 2 atom stereocenters. The number of amides is 1. The van der Waals surface area contributed by atoms with Crippen LogP contribution in [0.1, 0.15) is 51.2 Å². The maximum absolute atomic E-state index is 12.3. The van der Waals surface area contributed by atoms with Crippen LogP contribution in [-0.2, 0) is 4.79 Å². The Hall–Kier alpha value is -1.46.